The number of hydrogen-bond acceptors (Lipinski definition) is 4. The van der Waals surface area contributed by atoms with E-state index in [1.807, 2.05) is 38.1 Å². The molecular weight excluding hydrogens is 296 g/mol. The number of carboxylic acids is 1. The van der Waals surface area contributed by atoms with Crippen molar-refractivity contribution in [1.82, 2.24) is 19.9 Å². The molecule has 23 heavy (non-hydrogen) atoms. The Bertz CT molecular complexity index is 707. The van der Waals surface area contributed by atoms with Crippen LogP contribution in [0.5, 0.6) is 0 Å². The van der Waals surface area contributed by atoms with Gasteiger partial charge in [0.2, 0.25) is 0 Å². The van der Waals surface area contributed by atoms with Crippen molar-refractivity contribution >= 4 is 11.9 Å². The third-order valence-corrected chi connectivity index (χ3v) is 3.48. The van der Waals surface area contributed by atoms with Crippen LogP contribution in [0, 0.1) is 13.8 Å². The fourth-order valence-corrected chi connectivity index (χ4v) is 2.29. The largest absolute Gasteiger partial charge is 0.480 e. The van der Waals surface area contributed by atoms with Crippen molar-refractivity contribution in [2.75, 3.05) is 13.1 Å². The Labute approximate surface area is 134 Å². The summed E-state index contributed by atoms with van der Waals surface area (Å²) in [6, 6.07) is 7.69. The van der Waals surface area contributed by atoms with Gasteiger partial charge in [0.05, 0.1) is 11.4 Å². The molecule has 0 bridgehead atoms. The van der Waals surface area contributed by atoms with Gasteiger partial charge in [-0.05, 0) is 32.4 Å². The second-order valence-corrected chi connectivity index (χ2v) is 5.39. The first kappa shape index (κ1) is 16.7. The summed E-state index contributed by atoms with van der Waals surface area (Å²) in [5, 5.41) is 16.9. The fraction of sp³-hybridized carbons (Fsp3) is 0.375. The number of rotatable bonds is 6. The van der Waals surface area contributed by atoms with E-state index in [4.69, 9.17) is 5.11 Å². The van der Waals surface area contributed by atoms with Gasteiger partial charge in [-0.15, -0.1) is 5.10 Å². The zero-order chi connectivity index (χ0) is 17.0. The van der Waals surface area contributed by atoms with Crippen molar-refractivity contribution in [1.29, 1.82) is 0 Å². The third-order valence-electron chi connectivity index (χ3n) is 3.48. The number of nitrogens with zero attached hydrogens (tertiary/aromatic N) is 4. The number of amides is 1. The molecule has 0 spiro atoms. The van der Waals surface area contributed by atoms with Gasteiger partial charge in [0, 0.05) is 6.54 Å². The lowest BCUT2D eigenvalue weighted by molar-refractivity contribution is -0.137. The lowest BCUT2D eigenvalue weighted by Crippen LogP contribution is -2.36. The first-order chi connectivity index (χ1) is 10.9. The van der Waals surface area contributed by atoms with Crippen LogP contribution in [-0.2, 0) is 4.79 Å². The summed E-state index contributed by atoms with van der Waals surface area (Å²) < 4.78 is 1.58. The molecule has 1 amide bonds. The highest BCUT2D eigenvalue weighted by Crippen LogP contribution is 2.14. The standard InChI is InChI=1S/C16H20N4O3/c1-4-9-19(10-14(21)22)16(23)15-12(3)20(18-17-15)13-7-5-11(2)6-8-13/h5-8H,4,9-10H2,1-3H3,(H,21,22). The Hall–Kier alpha value is -2.70. The zero-order valence-electron chi connectivity index (χ0n) is 13.5. The van der Waals surface area contributed by atoms with Crippen molar-refractivity contribution in [3.05, 3.63) is 41.2 Å². The minimum atomic E-state index is -1.05. The quantitative estimate of drug-likeness (QED) is 0.878. The summed E-state index contributed by atoms with van der Waals surface area (Å²) in [5.74, 6) is -1.46. The Kier molecular flexibility index (Phi) is 5.10. The summed E-state index contributed by atoms with van der Waals surface area (Å²) in [7, 11) is 0. The average Bonchev–Trinajstić information content (AvgIpc) is 2.88. The van der Waals surface area contributed by atoms with Crippen LogP contribution in [0.2, 0.25) is 0 Å². The van der Waals surface area contributed by atoms with Crippen LogP contribution in [-0.4, -0.2) is 50.0 Å². The Morgan fingerprint density at radius 2 is 1.87 bits per heavy atom. The minimum Gasteiger partial charge on any atom is -0.480 e. The van der Waals surface area contributed by atoms with E-state index < -0.39 is 11.9 Å². The highest BCUT2D eigenvalue weighted by atomic mass is 16.4. The van der Waals surface area contributed by atoms with E-state index in [1.54, 1.807) is 11.6 Å². The number of benzene rings is 1. The average molecular weight is 316 g/mol. The van der Waals surface area contributed by atoms with Crippen molar-refractivity contribution in [3.8, 4) is 5.69 Å². The van der Waals surface area contributed by atoms with Gasteiger partial charge in [0.15, 0.2) is 5.69 Å². The van der Waals surface area contributed by atoms with Gasteiger partial charge in [0.1, 0.15) is 6.54 Å². The van der Waals surface area contributed by atoms with Gasteiger partial charge in [0.25, 0.3) is 5.91 Å². The molecule has 1 heterocycles. The van der Waals surface area contributed by atoms with Crippen LogP contribution < -0.4 is 0 Å². The molecule has 0 saturated carbocycles. The smallest absolute Gasteiger partial charge is 0.323 e. The van der Waals surface area contributed by atoms with E-state index >= 15 is 0 Å². The lowest BCUT2D eigenvalue weighted by atomic mass is 10.2. The second kappa shape index (κ2) is 7.04. The number of carboxylic acid groups (broad SMARTS) is 1. The Morgan fingerprint density at radius 3 is 2.43 bits per heavy atom. The van der Waals surface area contributed by atoms with E-state index in [9.17, 15) is 9.59 Å². The molecule has 1 aromatic carbocycles. The summed E-state index contributed by atoms with van der Waals surface area (Å²) in [6.07, 6.45) is 0.671. The molecule has 0 aliphatic heterocycles. The monoisotopic (exact) mass is 316 g/mol. The van der Waals surface area contributed by atoms with Gasteiger partial charge in [-0.25, -0.2) is 4.68 Å². The fourth-order valence-electron chi connectivity index (χ4n) is 2.29. The highest BCUT2D eigenvalue weighted by Gasteiger charge is 2.24. The number of hydrogen-bond donors (Lipinski definition) is 1. The molecule has 7 nitrogen and oxygen atoms in total. The molecule has 0 aliphatic rings. The summed E-state index contributed by atoms with van der Waals surface area (Å²) in [5.41, 5.74) is 2.70. The maximum absolute atomic E-state index is 12.5. The number of aryl methyl sites for hydroxylation is 1. The first-order valence-electron chi connectivity index (χ1n) is 7.44. The molecule has 1 N–H and O–H groups in total. The third kappa shape index (κ3) is 3.74. The number of aromatic nitrogens is 3. The van der Waals surface area contributed by atoms with Crippen LogP contribution in [0.25, 0.3) is 5.69 Å². The highest BCUT2D eigenvalue weighted by molar-refractivity contribution is 5.95. The normalized spacial score (nSPS) is 10.6. The van der Waals surface area contributed by atoms with E-state index in [-0.39, 0.29) is 12.2 Å². The Balaban J connectivity index is 2.31. The maximum Gasteiger partial charge on any atom is 0.323 e. The summed E-state index contributed by atoms with van der Waals surface area (Å²) >= 11 is 0. The maximum atomic E-state index is 12.5. The molecule has 0 radical (unpaired) electrons. The second-order valence-electron chi connectivity index (χ2n) is 5.39. The van der Waals surface area contributed by atoms with Crippen LogP contribution >= 0.6 is 0 Å². The van der Waals surface area contributed by atoms with Crippen LogP contribution in [0.4, 0.5) is 0 Å². The number of carbonyl (C=O) groups excluding carboxylic acids is 1. The van der Waals surface area contributed by atoms with E-state index in [1.165, 1.54) is 4.90 Å². The molecule has 0 saturated heterocycles. The predicted octanol–water partition coefficient (Wildman–Crippen LogP) is 1.82. The van der Waals surface area contributed by atoms with E-state index in [0.717, 1.165) is 11.3 Å². The number of carbonyl (C=O) groups is 2. The van der Waals surface area contributed by atoms with Crippen molar-refractivity contribution in [2.45, 2.75) is 27.2 Å². The molecule has 0 aliphatic carbocycles. The molecule has 7 heteroatoms. The van der Waals surface area contributed by atoms with E-state index in [0.29, 0.717) is 18.7 Å². The SMILES string of the molecule is CCCN(CC(=O)O)C(=O)c1nnn(-c2ccc(C)cc2)c1C. The van der Waals surface area contributed by atoms with Crippen molar-refractivity contribution in [3.63, 3.8) is 0 Å². The Morgan fingerprint density at radius 1 is 1.22 bits per heavy atom. The van der Waals surface area contributed by atoms with Gasteiger partial charge in [-0.2, -0.15) is 0 Å². The molecule has 0 fully saturated rings. The van der Waals surface area contributed by atoms with Gasteiger partial charge in [-0.1, -0.05) is 29.8 Å². The van der Waals surface area contributed by atoms with Crippen molar-refractivity contribution in [2.24, 2.45) is 0 Å². The van der Waals surface area contributed by atoms with Crippen LogP contribution in [0.1, 0.15) is 35.1 Å². The predicted molar refractivity (Wildman–Crippen MR) is 84.7 cm³/mol. The van der Waals surface area contributed by atoms with Gasteiger partial charge < -0.3 is 10.0 Å². The van der Waals surface area contributed by atoms with Crippen LogP contribution in [0.15, 0.2) is 24.3 Å². The minimum absolute atomic E-state index is 0.181. The number of aliphatic carboxylic acids is 1. The van der Waals surface area contributed by atoms with Crippen molar-refractivity contribution < 1.29 is 14.7 Å². The molecule has 1 aromatic heterocycles. The molecule has 0 atom stereocenters. The molecule has 2 rings (SSSR count). The lowest BCUT2D eigenvalue weighted by Gasteiger charge is -2.18. The van der Waals surface area contributed by atoms with E-state index in [2.05, 4.69) is 10.3 Å². The topological polar surface area (TPSA) is 88.3 Å². The van der Waals surface area contributed by atoms with Crippen LogP contribution in [0.3, 0.4) is 0 Å². The molecule has 2 aromatic rings. The zero-order valence-corrected chi connectivity index (χ0v) is 13.5. The molecule has 122 valence electrons. The van der Waals surface area contributed by atoms with Gasteiger partial charge >= 0.3 is 5.97 Å². The summed E-state index contributed by atoms with van der Waals surface area (Å²) in [6.45, 7) is 5.64. The van der Waals surface area contributed by atoms with Gasteiger partial charge in [-0.3, -0.25) is 9.59 Å². The summed E-state index contributed by atoms with van der Waals surface area (Å²) in [4.78, 5) is 24.7. The molecular formula is C16H20N4O3. The first-order valence-corrected chi connectivity index (χ1v) is 7.44. The molecule has 0 unspecified atom stereocenters.